The van der Waals surface area contributed by atoms with Gasteiger partial charge in [-0.25, -0.2) is 9.18 Å². The Bertz CT molecular complexity index is 616. The highest BCUT2D eigenvalue weighted by Gasteiger charge is 2.33. The van der Waals surface area contributed by atoms with Crippen LogP contribution in [0.4, 0.5) is 14.9 Å². The molecule has 7 heteroatoms. The number of halogens is 1. The summed E-state index contributed by atoms with van der Waals surface area (Å²) in [6.45, 7) is 6.65. The van der Waals surface area contributed by atoms with Gasteiger partial charge in [-0.05, 0) is 24.7 Å². The van der Waals surface area contributed by atoms with Crippen LogP contribution in [-0.4, -0.2) is 67.0 Å². The van der Waals surface area contributed by atoms with Crippen LogP contribution in [0.3, 0.4) is 0 Å². The Morgan fingerprint density at radius 3 is 2.71 bits per heavy atom. The third-order valence-electron chi connectivity index (χ3n) is 4.68. The zero-order chi connectivity index (χ0) is 17.1. The number of hydrogen-bond donors (Lipinski definition) is 1. The second-order valence-corrected chi connectivity index (χ2v) is 6.26. The van der Waals surface area contributed by atoms with E-state index in [1.807, 2.05) is 0 Å². The maximum Gasteiger partial charge on any atom is 0.317 e. The molecule has 3 rings (SSSR count). The fraction of sp³-hybridized carbons (Fsp3) is 0.529. The van der Waals surface area contributed by atoms with E-state index in [0.717, 1.165) is 19.6 Å². The minimum absolute atomic E-state index is 0.0956. The first-order chi connectivity index (χ1) is 11.6. The number of rotatable bonds is 3. The number of benzene rings is 1. The van der Waals surface area contributed by atoms with Crippen molar-refractivity contribution in [3.05, 3.63) is 30.1 Å². The lowest BCUT2D eigenvalue weighted by atomic mass is 10.2. The first-order valence-corrected chi connectivity index (χ1v) is 8.40. The minimum Gasteiger partial charge on any atom is -0.333 e. The summed E-state index contributed by atoms with van der Waals surface area (Å²) in [5.41, 5.74) is 0.535. The first-order valence-electron chi connectivity index (χ1n) is 8.40. The van der Waals surface area contributed by atoms with E-state index in [4.69, 9.17) is 0 Å². The van der Waals surface area contributed by atoms with Crippen molar-refractivity contribution in [2.75, 3.05) is 44.2 Å². The molecule has 0 bridgehead atoms. The molecule has 1 aromatic rings. The van der Waals surface area contributed by atoms with Crippen molar-refractivity contribution in [1.82, 2.24) is 15.1 Å². The molecule has 0 spiro atoms. The van der Waals surface area contributed by atoms with Crippen LogP contribution < -0.4 is 10.2 Å². The Morgan fingerprint density at radius 2 is 2.04 bits per heavy atom. The van der Waals surface area contributed by atoms with Crippen LogP contribution in [0.2, 0.25) is 0 Å². The summed E-state index contributed by atoms with van der Waals surface area (Å²) in [6, 6.07) is 5.61. The Kier molecular flexibility index (Phi) is 4.99. The lowest BCUT2D eigenvalue weighted by molar-refractivity contribution is -0.117. The van der Waals surface area contributed by atoms with Gasteiger partial charge in [0.2, 0.25) is 5.91 Å². The SMILES string of the molecule is CCN1CCN(C(=O)N[C@H]2CC(=O)N(c3cccc(F)c3)C2)CC1. The molecule has 2 aliphatic heterocycles. The number of carbonyl (C=O) groups is 2. The maximum atomic E-state index is 13.3. The number of nitrogens with one attached hydrogen (secondary N) is 1. The van der Waals surface area contributed by atoms with E-state index in [1.54, 1.807) is 17.0 Å². The van der Waals surface area contributed by atoms with Crippen LogP contribution in [0.25, 0.3) is 0 Å². The molecule has 1 atom stereocenters. The number of hydrogen-bond acceptors (Lipinski definition) is 3. The fourth-order valence-electron chi connectivity index (χ4n) is 3.23. The third kappa shape index (κ3) is 3.67. The van der Waals surface area contributed by atoms with Crippen LogP contribution in [0.15, 0.2) is 24.3 Å². The monoisotopic (exact) mass is 334 g/mol. The van der Waals surface area contributed by atoms with Crippen molar-refractivity contribution in [3.8, 4) is 0 Å². The summed E-state index contributed by atoms with van der Waals surface area (Å²) in [7, 11) is 0. The number of likely N-dealkylation sites (N-methyl/N-ethyl adjacent to an activating group) is 1. The summed E-state index contributed by atoms with van der Waals surface area (Å²) < 4.78 is 13.3. The van der Waals surface area contributed by atoms with Gasteiger partial charge in [-0.2, -0.15) is 0 Å². The number of anilines is 1. The van der Waals surface area contributed by atoms with Gasteiger partial charge in [0.05, 0.1) is 6.04 Å². The molecule has 2 aliphatic rings. The van der Waals surface area contributed by atoms with E-state index >= 15 is 0 Å². The van der Waals surface area contributed by atoms with Gasteiger partial charge in [0.1, 0.15) is 5.82 Å². The van der Waals surface area contributed by atoms with E-state index in [2.05, 4.69) is 17.1 Å². The van der Waals surface area contributed by atoms with Gasteiger partial charge in [0, 0.05) is 44.8 Å². The van der Waals surface area contributed by atoms with Gasteiger partial charge in [0.25, 0.3) is 0 Å². The molecular formula is C17H23FN4O2. The van der Waals surface area contributed by atoms with E-state index < -0.39 is 0 Å². The zero-order valence-electron chi connectivity index (χ0n) is 13.9. The predicted molar refractivity (Wildman–Crippen MR) is 89.4 cm³/mol. The van der Waals surface area contributed by atoms with Crippen molar-refractivity contribution >= 4 is 17.6 Å². The van der Waals surface area contributed by atoms with Crippen molar-refractivity contribution in [3.63, 3.8) is 0 Å². The molecule has 0 aliphatic carbocycles. The molecule has 24 heavy (non-hydrogen) atoms. The van der Waals surface area contributed by atoms with Crippen LogP contribution in [0.1, 0.15) is 13.3 Å². The smallest absolute Gasteiger partial charge is 0.317 e. The number of carbonyl (C=O) groups excluding carboxylic acids is 2. The number of piperazine rings is 1. The topological polar surface area (TPSA) is 55.9 Å². The molecule has 3 amide bonds. The van der Waals surface area contributed by atoms with Crippen molar-refractivity contribution in [2.45, 2.75) is 19.4 Å². The van der Waals surface area contributed by atoms with E-state index in [-0.39, 0.29) is 30.2 Å². The molecule has 2 fully saturated rings. The zero-order valence-corrected chi connectivity index (χ0v) is 13.9. The molecule has 0 saturated carbocycles. The van der Waals surface area contributed by atoms with Gasteiger partial charge in [-0.15, -0.1) is 0 Å². The summed E-state index contributed by atoms with van der Waals surface area (Å²) in [5.74, 6) is -0.469. The lowest BCUT2D eigenvalue weighted by Gasteiger charge is -2.34. The number of nitrogens with zero attached hydrogens (tertiary/aromatic N) is 3. The Balaban J connectivity index is 1.55. The van der Waals surface area contributed by atoms with Gasteiger partial charge in [0.15, 0.2) is 0 Å². The highest BCUT2D eigenvalue weighted by Crippen LogP contribution is 2.22. The molecule has 0 aromatic heterocycles. The van der Waals surface area contributed by atoms with Crippen molar-refractivity contribution in [1.29, 1.82) is 0 Å². The van der Waals surface area contributed by atoms with Gasteiger partial charge in [-0.3, -0.25) is 4.79 Å². The largest absolute Gasteiger partial charge is 0.333 e. The average molecular weight is 334 g/mol. The van der Waals surface area contributed by atoms with Crippen LogP contribution in [-0.2, 0) is 4.79 Å². The van der Waals surface area contributed by atoms with Crippen LogP contribution in [0.5, 0.6) is 0 Å². The molecule has 1 N–H and O–H groups in total. The maximum absolute atomic E-state index is 13.3. The third-order valence-corrected chi connectivity index (χ3v) is 4.68. The minimum atomic E-state index is -0.374. The molecule has 2 heterocycles. The predicted octanol–water partition coefficient (Wildman–Crippen LogP) is 1.28. The summed E-state index contributed by atoms with van der Waals surface area (Å²) in [5, 5.41) is 2.94. The molecule has 0 unspecified atom stereocenters. The molecule has 2 saturated heterocycles. The van der Waals surface area contributed by atoms with Crippen molar-refractivity contribution < 1.29 is 14.0 Å². The van der Waals surface area contributed by atoms with E-state index in [9.17, 15) is 14.0 Å². The standard InChI is InChI=1S/C17H23FN4O2/c1-2-20-6-8-21(9-7-20)17(24)19-14-11-16(23)22(12-14)15-5-3-4-13(18)10-15/h3-5,10,14H,2,6-9,11-12H2,1H3,(H,19,24)/t14-/m0/s1. The highest BCUT2D eigenvalue weighted by molar-refractivity contribution is 5.96. The summed E-state index contributed by atoms with van der Waals surface area (Å²) in [6.07, 6.45) is 0.247. The fourth-order valence-corrected chi connectivity index (χ4v) is 3.23. The average Bonchev–Trinajstić information content (AvgIpc) is 2.95. The molecular weight excluding hydrogens is 311 g/mol. The van der Waals surface area contributed by atoms with Gasteiger partial charge in [-0.1, -0.05) is 13.0 Å². The highest BCUT2D eigenvalue weighted by atomic mass is 19.1. The molecule has 0 radical (unpaired) electrons. The molecule has 1 aromatic carbocycles. The Hall–Kier alpha value is -2.15. The van der Waals surface area contributed by atoms with E-state index in [0.29, 0.717) is 25.3 Å². The van der Waals surface area contributed by atoms with Crippen LogP contribution >= 0.6 is 0 Å². The molecule has 130 valence electrons. The van der Waals surface area contributed by atoms with E-state index in [1.165, 1.54) is 17.0 Å². The Labute approximate surface area is 141 Å². The normalized spacial score (nSPS) is 22.1. The Morgan fingerprint density at radius 1 is 1.29 bits per heavy atom. The van der Waals surface area contributed by atoms with Gasteiger partial charge >= 0.3 is 6.03 Å². The summed E-state index contributed by atoms with van der Waals surface area (Å²) >= 11 is 0. The van der Waals surface area contributed by atoms with Crippen LogP contribution in [0, 0.1) is 5.82 Å². The quantitative estimate of drug-likeness (QED) is 0.906. The number of amides is 3. The summed E-state index contributed by atoms with van der Waals surface area (Å²) in [4.78, 5) is 30.2. The number of urea groups is 1. The second-order valence-electron chi connectivity index (χ2n) is 6.26. The lowest BCUT2D eigenvalue weighted by Crippen LogP contribution is -2.53. The second kappa shape index (κ2) is 7.17. The first kappa shape index (κ1) is 16.7. The van der Waals surface area contributed by atoms with Crippen molar-refractivity contribution in [2.24, 2.45) is 0 Å². The van der Waals surface area contributed by atoms with Gasteiger partial charge < -0.3 is 20.0 Å². The molecule has 6 nitrogen and oxygen atoms in total.